The number of carbonyl (C=O) groups is 1. The van der Waals surface area contributed by atoms with Crippen LogP contribution in [0.2, 0.25) is 0 Å². The molecule has 0 aromatic heterocycles. The Kier molecular flexibility index (Phi) is 3.50. The monoisotopic (exact) mass is 262 g/mol. The lowest BCUT2D eigenvalue weighted by molar-refractivity contribution is -0.148. The van der Waals surface area contributed by atoms with Crippen molar-refractivity contribution in [2.24, 2.45) is 5.73 Å². The van der Waals surface area contributed by atoms with Gasteiger partial charge >= 0.3 is 0 Å². The highest BCUT2D eigenvalue weighted by Gasteiger charge is 2.33. The van der Waals surface area contributed by atoms with Gasteiger partial charge in [-0.2, -0.15) is 0 Å². The molecular formula is C14H18N2O3. The number of benzene rings is 1. The van der Waals surface area contributed by atoms with Gasteiger partial charge in [-0.15, -0.1) is 0 Å². The molecule has 2 aliphatic rings. The smallest absolute Gasteiger partial charge is 0.252 e. The first-order valence-electron chi connectivity index (χ1n) is 6.59. The molecule has 1 amide bonds. The zero-order chi connectivity index (χ0) is 13.2. The van der Waals surface area contributed by atoms with Gasteiger partial charge in [0.05, 0.1) is 25.9 Å². The molecule has 0 saturated carbocycles. The first-order valence-corrected chi connectivity index (χ1v) is 6.59. The number of nitrogens with two attached hydrogens (primary N) is 1. The molecule has 3 rings (SSSR count). The quantitative estimate of drug-likeness (QED) is 0.795. The molecule has 1 aliphatic heterocycles. The minimum absolute atomic E-state index is 0.0779. The molecule has 1 aromatic rings. The number of fused-ring (bicyclic) bond motifs is 1. The largest absolute Gasteiger partial charge is 0.376 e. The molecule has 5 heteroatoms. The molecule has 3 atom stereocenters. The predicted molar refractivity (Wildman–Crippen MR) is 69.6 cm³/mol. The highest BCUT2D eigenvalue weighted by Crippen LogP contribution is 2.30. The third-order valence-corrected chi connectivity index (χ3v) is 3.68. The Labute approximate surface area is 112 Å². The van der Waals surface area contributed by atoms with E-state index in [2.05, 4.69) is 11.4 Å². The van der Waals surface area contributed by atoms with Crippen molar-refractivity contribution in [1.29, 1.82) is 0 Å². The average molecular weight is 262 g/mol. The molecule has 102 valence electrons. The Balaban J connectivity index is 1.71. The van der Waals surface area contributed by atoms with Gasteiger partial charge in [0.15, 0.2) is 6.10 Å². The van der Waals surface area contributed by atoms with Crippen molar-refractivity contribution in [3.63, 3.8) is 0 Å². The lowest BCUT2D eigenvalue weighted by Crippen LogP contribution is -2.47. The van der Waals surface area contributed by atoms with Gasteiger partial charge < -0.3 is 20.5 Å². The lowest BCUT2D eigenvalue weighted by Gasteiger charge is -2.25. The maximum absolute atomic E-state index is 12.1. The van der Waals surface area contributed by atoms with Crippen molar-refractivity contribution in [1.82, 2.24) is 5.32 Å². The zero-order valence-electron chi connectivity index (χ0n) is 10.7. The third kappa shape index (κ3) is 2.49. The van der Waals surface area contributed by atoms with Crippen molar-refractivity contribution < 1.29 is 14.3 Å². The van der Waals surface area contributed by atoms with Crippen molar-refractivity contribution in [3.05, 3.63) is 35.4 Å². The highest BCUT2D eigenvalue weighted by molar-refractivity contribution is 5.81. The van der Waals surface area contributed by atoms with Gasteiger partial charge in [0.2, 0.25) is 0 Å². The molecular weight excluding hydrogens is 244 g/mol. The molecule has 1 fully saturated rings. The summed E-state index contributed by atoms with van der Waals surface area (Å²) < 4.78 is 10.6. The van der Waals surface area contributed by atoms with E-state index in [9.17, 15) is 4.79 Å². The van der Waals surface area contributed by atoms with E-state index < -0.39 is 6.10 Å². The molecule has 0 spiro atoms. The van der Waals surface area contributed by atoms with Gasteiger partial charge in [0.1, 0.15) is 0 Å². The second-order valence-electron chi connectivity index (χ2n) is 4.99. The molecule has 3 N–H and O–H groups in total. The summed E-state index contributed by atoms with van der Waals surface area (Å²) >= 11 is 0. The minimum atomic E-state index is -0.520. The highest BCUT2D eigenvalue weighted by atomic mass is 16.6. The van der Waals surface area contributed by atoms with E-state index in [1.807, 2.05) is 18.2 Å². The standard InChI is InChI=1S/C14H18N2O3/c15-11-7-9-3-1-2-4-10(9)13(11)16-14(17)12-8-18-5-6-19-12/h1-4,11-13H,5-8,15H2,(H,16,17). The maximum Gasteiger partial charge on any atom is 0.252 e. The third-order valence-electron chi connectivity index (χ3n) is 3.68. The van der Waals surface area contributed by atoms with E-state index in [0.29, 0.717) is 19.8 Å². The van der Waals surface area contributed by atoms with Gasteiger partial charge in [0.25, 0.3) is 5.91 Å². The summed E-state index contributed by atoms with van der Waals surface area (Å²) in [6, 6.07) is 7.83. The molecule has 1 saturated heterocycles. The Bertz CT molecular complexity index is 472. The van der Waals surface area contributed by atoms with E-state index >= 15 is 0 Å². The Morgan fingerprint density at radius 1 is 1.32 bits per heavy atom. The van der Waals surface area contributed by atoms with Crippen LogP contribution in [0.4, 0.5) is 0 Å². The summed E-state index contributed by atoms with van der Waals surface area (Å²) in [7, 11) is 0. The number of hydrogen-bond acceptors (Lipinski definition) is 4. The summed E-state index contributed by atoms with van der Waals surface area (Å²) in [5.74, 6) is -0.142. The van der Waals surface area contributed by atoms with Gasteiger partial charge in [-0.25, -0.2) is 0 Å². The summed E-state index contributed by atoms with van der Waals surface area (Å²) in [5, 5.41) is 2.99. The van der Waals surface area contributed by atoms with Crippen LogP contribution in [-0.4, -0.2) is 37.9 Å². The normalized spacial score (nSPS) is 29.8. The van der Waals surface area contributed by atoms with E-state index in [1.165, 1.54) is 5.56 Å². The number of ether oxygens (including phenoxy) is 2. The molecule has 0 radical (unpaired) electrons. The SMILES string of the molecule is NC1Cc2ccccc2C1NC(=O)C1COCCO1. The van der Waals surface area contributed by atoms with Crippen LogP contribution >= 0.6 is 0 Å². The first kappa shape index (κ1) is 12.6. The lowest BCUT2D eigenvalue weighted by atomic mass is 10.1. The number of amides is 1. The summed E-state index contributed by atoms with van der Waals surface area (Å²) in [5.41, 5.74) is 8.44. The van der Waals surface area contributed by atoms with Gasteiger partial charge in [-0.3, -0.25) is 4.79 Å². The second kappa shape index (κ2) is 5.28. The fourth-order valence-electron chi connectivity index (χ4n) is 2.70. The van der Waals surface area contributed by atoms with Gasteiger partial charge in [-0.1, -0.05) is 24.3 Å². The summed E-state index contributed by atoms with van der Waals surface area (Å²) in [4.78, 5) is 12.1. The number of carbonyl (C=O) groups excluding carboxylic acids is 1. The van der Waals surface area contributed by atoms with Crippen molar-refractivity contribution in [2.45, 2.75) is 24.6 Å². The molecule has 1 aliphatic carbocycles. The fraction of sp³-hybridized carbons (Fsp3) is 0.500. The average Bonchev–Trinajstić information content (AvgIpc) is 2.76. The van der Waals surface area contributed by atoms with Crippen LogP contribution in [0.15, 0.2) is 24.3 Å². The molecule has 5 nitrogen and oxygen atoms in total. The van der Waals surface area contributed by atoms with E-state index in [1.54, 1.807) is 0 Å². The van der Waals surface area contributed by atoms with Crippen LogP contribution in [0, 0.1) is 0 Å². The van der Waals surface area contributed by atoms with Crippen molar-refractivity contribution in [2.75, 3.05) is 19.8 Å². The molecule has 19 heavy (non-hydrogen) atoms. The first-order chi connectivity index (χ1) is 9.25. The number of hydrogen-bond donors (Lipinski definition) is 2. The van der Waals surface area contributed by atoms with Crippen LogP contribution < -0.4 is 11.1 Å². The van der Waals surface area contributed by atoms with Crippen LogP contribution in [0.25, 0.3) is 0 Å². The maximum atomic E-state index is 12.1. The summed E-state index contributed by atoms with van der Waals surface area (Å²) in [6.07, 6.45) is 0.275. The van der Waals surface area contributed by atoms with Crippen LogP contribution in [-0.2, 0) is 20.7 Å². The van der Waals surface area contributed by atoms with Crippen LogP contribution in [0.1, 0.15) is 17.2 Å². The van der Waals surface area contributed by atoms with Crippen LogP contribution in [0.5, 0.6) is 0 Å². The van der Waals surface area contributed by atoms with E-state index in [0.717, 1.165) is 12.0 Å². The zero-order valence-corrected chi connectivity index (χ0v) is 10.7. The van der Waals surface area contributed by atoms with Crippen molar-refractivity contribution in [3.8, 4) is 0 Å². The molecule has 1 aromatic carbocycles. The predicted octanol–water partition coefficient (Wildman–Crippen LogP) is 0.143. The van der Waals surface area contributed by atoms with Gasteiger partial charge in [-0.05, 0) is 17.5 Å². The number of nitrogens with one attached hydrogen (secondary N) is 1. The van der Waals surface area contributed by atoms with Gasteiger partial charge in [0, 0.05) is 6.04 Å². The topological polar surface area (TPSA) is 73.6 Å². The minimum Gasteiger partial charge on any atom is -0.376 e. The van der Waals surface area contributed by atoms with E-state index in [4.69, 9.17) is 15.2 Å². The van der Waals surface area contributed by atoms with Crippen molar-refractivity contribution >= 4 is 5.91 Å². The Morgan fingerprint density at radius 2 is 2.16 bits per heavy atom. The summed E-state index contributed by atoms with van der Waals surface area (Å²) in [6.45, 7) is 1.33. The van der Waals surface area contributed by atoms with E-state index in [-0.39, 0.29) is 18.0 Å². The molecule has 3 unspecified atom stereocenters. The number of rotatable bonds is 2. The Morgan fingerprint density at radius 3 is 2.95 bits per heavy atom. The fourth-order valence-corrected chi connectivity index (χ4v) is 2.70. The Hall–Kier alpha value is -1.43. The second-order valence-corrected chi connectivity index (χ2v) is 4.99. The molecule has 0 bridgehead atoms. The van der Waals surface area contributed by atoms with Crippen LogP contribution in [0.3, 0.4) is 0 Å². The molecule has 1 heterocycles.